The normalized spacial score (nSPS) is 10.4. The molecule has 1 heterocycles. The molecule has 4 heteroatoms. The van der Waals surface area contributed by atoms with E-state index in [1.54, 1.807) is 11.3 Å². The van der Waals surface area contributed by atoms with Crippen LogP contribution in [0.5, 0.6) is 0 Å². The van der Waals surface area contributed by atoms with Gasteiger partial charge >= 0.3 is 0 Å². The van der Waals surface area contributed by atoms with Crippen molar-refractivity contribution in [2.75, 3.05) is 13.1 Å². The number of carbonyl (C=O) groups excluding carboxylic acids is 1. The van der Waals surface area contributed by atoms with Crippen LogP contribution in [0.2, 0.25) is 0 Å². The van der Waals surface area contributed by atoms with Gasteiger partial charge in [0.1, 0.15) is 0 Å². The number of hydrogen-bond donors (Lipinski definition) is 2. The van der Waals surface area contributed by atoms with Crippen LogP contribution < -0.4 is 10.6 Å². The molecule has 0 unspecified atom stereocenters. The first kappa shape index (κ1) is 13.2. The smallest absolute Gasteiger partial charge is 0.221 e. The molecule has 0 aliphatic carbocycles. The average Bonchev–Trinajstić information content (AvgIpc) is 2.74. The molecule has 90 valence electrons. The Kier molecular flexibility index (Phi) is 6.11. The van der Waals surface area contributed by atoms with Crippen molar-refractivity contribution < 1.29 is 4.79 Å². The summed E-state index contributed by atoms with van der Waals surface area (Å²) in [4.78, 5) is 12.7. The van der Waals surface area contributed by atoms with Gasteiger partial charge in [0.05, 0.1) is 6.54 Å². The lowest BCUT2D eigenvalue weighted by Gasteiger charge is -2.05. The molecule has 0 atom stereocenters. The van der Waals surface area contributed by atoms with Gasteiger partial charge < -0.3 is 10.6 Å². The van der Waals surface area contributed by atoms with Gasteiger partial charge in [-0.2, -0.15) is 0 Å². The summed E-state index contributed by atoms with van der Waals surface area (Å²) in [5.74, 6) is 0.122. The minimum absolute atomic E-state index is 0.122. The van der Waals surface area contributed by atoms with Gasteiger partial charge in [-0.25, -0.2) is 0 Å². The Morgan fingerprint density at radius 3 is 2.94 bits per heavy atom. The zero-order valence-electron chi connectivity index (χ0n) is 10.0. The van der Waals surface area contributed by atoms with Crippen LogP contribution in [-0.2, 0) is 17.8 Å². The lowest BCUT2D eigenvalue weighted by molar-refractivity contribution is -0.121. The molecule has 1 rings (SSSR count). The molecular weight excluding hydrogens is 220 g/mol. The minimum atomic E-state index is 0.122. The first-order chi connectivity index (χ1) is 7.77. The molecule has 1 aromatic heterocycles. The highest BCUT2D eigenvalue weighted by atomic mass is 32.1. The molecule has 0 aliphatic rings. The molecule has 0 spiro atoms. The van der Waals surface area contributed by atoms with Gasteiger partial charge in [0.15, 0.2) is 0 Å². The maximum Gasteiger partial charge on any atom is 0.221 e. The molecule has 0 fully saturated rings. The zero-order valence-corrected chi connectivity index (χ0v) is 10.8. The van der Waals surface area contributed by atoms with E-state index >= 15 is 0 Å². The van der Waals surface area contributed by atoms with Gasteiger partial charge in [-0.15, -0.1) is 11.3 Å². The second-order valence-corrected chi connectivity index (χ2v) is 4.60. The molecule has 16 heavy (non-hydrogen) atoms. The van der Waals surface area contributed by atoms with Crippen molar-refractivity contribution in [2.24, 2.45) is 0 Å². The van der Waals surface area contributed by atoms with Crippen molar-refractivity contribution in [3.63, 3.8) is 0 Å². The maximum absolute atomic E-state index is 11.5. The fourth-order valence-electron chi connectivity index (χ4n) is 1.48. The van der Waals surface area contributed by atoms with Gasteiger partial charge in [-0.1, -0.05) is 13.8 Å². The van der Waals surface area contributed by atoms with Gasteiger partial charge in [0, 0.05) is 17.8 Å². The number of thiophene rings is 1. The van der Waals surface area contributed by atoms with Crippen molar-refractivity contribution in [3.8, 4) is 0 Å². The molecule has 1 aromatic rings. The van der Waals surface area contributed by atoms with Crippen LogP contribution in [0, 0.1) is 0 Å². The summed E-state index contributed by atoms with van der Waals surface area (Å²) in [6.07, 6.45) is 1.59. The summed E-state index contributed by atoms with van der Waals surface area (Å²) in [7, 11) is 0. The van der Waals surface area contributed by atoms with Crippen molar-refractivity contribution >= 4 is 17.2 Å². The van der Waals surface area contributed by atoms with Crippen LogP contribution in [0.1, 0.15) is 30.7 Å². The molecule has 3 nitrogen and oxygen atoms in total. The van der Waals surface area contributed by atoms with Crippen LogP contribution in [-0.4, -0.2) is 19.0 Å². The number of carbonyl (C=O) groups is 1. The lowest BCUT2D eigenvalue weighted by Crippen LogP contribution is -2.27. The summed E-state index contributed by atoms with van der Waals surface area (Å²) in [6, 6.07) is 2.13. The largest absolute Gasteiger partial charge is 0.351 e. The zero-order chi connectivity index (χ0) is 11.8. The maximum atomic E-state index is 11.5. The van der Waals surface area contributed by atoms with Gasteiger partial charge in [-0.05, 0) is 30.0 Å². The Bertz CT molecular complexity index is 323. The van der Waals surface area contributed by atoms with E-state index in [4.69, 9.17) is 0 Å². The highest BCUT2D eigenvalue weighted by molar-refractivity contribution is 7.10. The molecule has 0 saturated carbocycles. The lowest BCUT2D eigenvalue weighted by atomic mass is 10.2. The van der Waals surface area contributed by atoms with Crippen LogP contribution in [0.15, 0.2) is 11.4 Å². The quantitative estimate of drug-likeness (QED) is 0.715. The summed E-state index contributed by atoms with van der Waals surface area (Å²) in [5.41, 5.74) is 1.34. The molecular formula is C12H20N2OS. The molecule has 0 radical (unpaired) electrons. The molecule has 0 aliphatic heterocycles. The Morgan fingerprint density at radius 2 is 2.25 bits per heavy atom. The summed E-state index contributed by atoms with van der Waals surface area (Å²) in [6.45, 7) is 6.52. The second kappa shape index (κ2) is 7.41. The van der Waals surface area contributed by atoms with Crippen LogP contribution >= 0.6 is 11.3 Å². The highest BCUT2D eigenvalue weighted by Gasteiger charge is 2.04. The van der Waals surface area contributed by atoms with Crippen LogP contribution in [0.4, 0.5) is 0 Å². The molecule has 0 bridgehead atoms. The highest BCUT2D eigenvalue weighted by Crippen LogP contribution is 2.16. The Labute approximate surface area is 101 Å². The first-order valence-electron chi connectivity index (χ1n) is 5.80. The third-order valence-electron chi connectivity index (χ3n) is 2.44. The Balaban J connectivity index is 2.26. The number of amides is 1. The first-order valence-corrected chi connectivity index (χ1v) is 6.68. The monoisotopic (exact) mass is 240 g/mol. The van der Waals surface area contributed by atoms with E-state index < -0.39 is 0 Å². The van der Waals surface area contributed by atoms with E-state index in [2.05, 4.69) is 29.0 Å². The van der Waals surface area contributed by atoms with Crippen molar-refractivity contribution in [1.82, 2.24) is 10.6 Å². The van der Waals surface area contributed by atoms with Gasteiger partial charge in [0.2, 0.25) is 5.91 Å². The van der Waals surface area contributed by atoms with Crippen molar-refractivity contribution in [3.05, 3.63) is 21.9 Å². The number of nitrogens with one attached hydrogen (secondary N) is 2. The predicted molar refractivity (Wildman–Crippen MR) is 68.7 cm³/mol. The Hall–Kier alpha value is -0.870. The number of aryl methyl sites for hydroxylation is 1. The van der Waals surface area contributed by atoms with Crippen LogP contribution in [0.3, 0.4) is 0 Å². The minimum Gasteiger partial charge on any atom is -0.351 e. The molecule has 0 saturated heterocycles. The van der Waals surface area contributed by atoms with Crippen LogP contribution in [0.25, 0.3) is 0 Å². The fourth-order valence-corrected chi connectivity index (χ4v) is 2.40. The fraction of sp³-hybridized carbons (Fsp3) is 0.583. The summed E-state index contributed by atoms with van der Waals surface area (Å²) in [5, 5.41) is 8.17. The molecule has 1 amide bonds. The second-order valence-electron chi connectivity index (χ2n) is 3.60. The predicted octanol–water partition coefficient (Wildman–Crippen LogP) is 1.93. The van der Waals surface area contributed by atoms with Crippen molar-refractivity contribution in [2.45, 2.75) is 33.2 Å². The van der Waals surface area contributed by atoms with E-state index in [1.807, 2.05) is 6.92 Å². The van der Waals surface area contributed by atoms with Crippen molar-refractivity contribution in [1.29, 1.82) is 0 Å². The topological polar surface area (TPSA) is 41.1 Å². The van der Waals surface area contributed by atoms with E-state index in [-0.39, 0.29) is 5.91 Å². The van der Waals surface area contributed by atoms with E-state index in [0.717, 1.165) is 19.5 Å². The third-order valence-corrected chi connectivity index (χ3v) is 3.41. The molecule has 0 aromatic carbocycles. The SMILES string of the molecule is CCNCCC(=O)NCc1sccc1CC. The number of rotatable bonds is 7. The number of hydrogen-bond acceptors (Lipinski definition) is 3. The summed E-state index contributed by atoms with van der Waals surface area (Å²) >= 11 is 1.71. The van der Waals surface area contributed by atoms with Gasteiger partial charge in [0.25, 0.3) is 0 Å². The summed E-state index contributed by atoms with van der Waals surface area (Å²) < 4.78 is 0. The Morgan fingerprint density at radius 1 is 1.44 bits per heavy atom. The van der Waals surface area contributed by atoms with Gasteiger partial charge in [-0.3, -0.25) is 4.79 Å². The van der Waals surface area contributed by atoms with E-state index in [1.165, 1.54) is 10.4 Å². The van der Waals surface area contributed by atoms with E-state index in [0.29, 0.717) is 13.0 Å². The average molecular weight is 240 g/mol. The third kappa shape index (κ3) is 4.33. The molecule has 2 N–H and O–H groups in total. The standard InChI is InChI=1S/C12H20N2OS/c1-3-10-6-8-16-11(10)9-14-12(15)5-7-13-4-2/h6,8,13H,3-5,7,9H2,1-2H3,(H,14,15). The van der Waals surface area contributed by atoms with E-state index in [9.17, 15) is 4.79 Å².